The van der Waals surface area contributed by atoms with Crippen LogP contribution in [0.15, 0.2) is 10.9 Å². The number of allylic oxidation sites excluding steroid dienone is 1. The molecule has 0 saturated carbocycles. The highest BCUT2D eigenvalue weighted by atomic mass is 16.2. The number of imidazole rings is 1. The number of hydrogen-bond acceptors (Lipinski definition) is 2. The lowest BCUT2D eigenvalue weighted by Gasteiger charge is -2.16. The van der Waals surface area contributed by atoms with Crippen LogP contribution in [0.5, 0.6) is 0 Å². The number of rotatable bonds is 0. The number of nitrogens with zero attached hydrogens (tertiary/aromatic N) is 1. The Balaban J connectivity index is 2.28. The topological polar surface area (TPSA) is 66.9 Å². The molecule has 1 atom stereocenters. The molecule has 0 fully saturated rings. The summed E-state index contributed by atoms with van der Waals surface area (Å²) in [4.78, 5) is 26.1. The van der Waals surface area contributed by atoms with Crippen molar-refractivity contribution in [3.8, 4) is 0 Å². The second-order valence-electron chi connectivity index (χ2n) is 3.86. The number of carbonyl (C=O) groups excluding carboxylic acids is 1. The molecule has 2 aliphatic rings. The first-order valence-electron chi connectivity index (χ1n) is 5.04. The molecule has 2 N–H and O–H groups in total. The van der Waals surface area contributed by atoms with Gasteiger partial charge in [0.25, 0.3) is 0 Å². The molecule has 1 amide bonds. The van der Waals surface area contributed by atoms with Crippen LogP contribution in [0.2, 0.25) is 0 Å². The van der Waals surface area contributed by atoms with Crippen molar-refractivity contribution in [3.63, 3.8) is 0 Å². The summed E-state index contributed by atoms with van der Waals surface area (Å²) in [5, 5.41) is 2.82. The van der Waals surface area contributed by atoms with E-state index in [9.17, 15) is 9.59 Å². The Kier molecular flexibility index (Phi) is 1.62. The van der Waals surface area contributed by atoms with Crippen LogP contribution in [-0.4, -0.2) is 22.0 Å². The molecular weight excluding hydrogens is 194 g/mol. The van der Waals surface area contributed by atoms with Crippen molar-refractivity contribution < 1.29 is 4.79 Å². The Morgan fingerprint density at radius 2 is 2.27 bits per heavy atom. The van der Waals surface area contributed by atoms with Gasteiger partial charge in [0, 0.05) is 13.1 Å². The number of hydrogen-bond donors (Lipinski definition) is 2. The molecule has 0 radical (unpaired) electrons. The molecule has 15 heavy (non-hydrogen) atoms. The van der Waals surface area contributed by atoms with E-state index in [1.165, 1.54) is 0 Å². The van der Waals surface area contributed by atoms with Crippen LogP contribution in [0.25, 0.3) is 6.08 Å². The Morgan fingerprint density at radius 3 is 3.13 bits per heavy atom. The van der Waals surface area contributed by atoms with Gasteiger partial charge in [-0.15, -0.1) is 0 Å². The zero-order valence-corrected chi connectivity index (χ0v) is 8.12. The van der Waals surface area contributed by atoms with Crippen LogP contribution in [0.3, 0.4) is 0 Å². The standard InChI is InChI=1S/C10H11N3O2/c14-9-6-2-1-3-7-8(6)13(5-4-11-9)10(15)12-7/h1,3,6H,2,4-5H2,(H,11,14)(H,12,15). The van der Waals surface area contributed by atoms with Gasteiger partial charge in [-0.3, -0.25) is 9.36 Å². The molecule has 78 valence electrons. The molecular formula is C10H11N3O2. The fraction of sp³-hybridized carbons (Fsp3) is 0.400. The first-order chi connectivity index (χ1) is 7.27. The van der Waals surface area contributed by atoms with Gasteiger partial charge in [-0.1, -0.05) is 6.08 Å². The lowest BCUT2D eigenvalue weighted by molar-refractivity contribution is -0.122. The summed E-state index contributed by atoms with van der Waals surface area (Å²) in [5.41, 5.74) is 1.51. The first-order valence-corrected chi connectivity index (χ1v) is 5.04. The van der Waals surface area contributed by atoms with Crippen molar-refractivity contribution in [2.24, 2.45) is 0 Å². The second-order valence-corrected chi connectivity index (χ2v) is 3.86. The molecule has 5 nitrogen and oxygen atoms in total. The third kappa shape index (κ3) is 1.09. The number of aromatic amines is 1. The average Bonchev–Trinajstić information content (AvgIpc) is 2.43. The maximum absolute atomic E-state index is 11.7. The Bertz CT molecular complexity index is 509. The van der Waals surface area contributed by atoms with Crippen LogP contribution in [0.4, 0.5) is 0 Å². The number of H-pyrrole nitrogens is 1. The molecule has 1 aromatic heterocycles. The van der Waals surface area contributed by atoms with E-state index in [2.05, 4.69) is 10.3 Å². The largest absolute Gasteiger partial charge is 0.354 e. The molecule has 0 bridgehead atoms. The lowest BCUT2D eigenvalue weighted by Crippen LogP contribution is -2.29. The highest BCUT2D eigenvalue weighted by Gasteiger charge is 2.31. The molecule has 5 heteroatoms. The predicted molar refractivity (Wildman–Crippen MR) is 54.5 cm³/mol. The van der Waals surface area contributed by atoms with Crippen molar-refractivity contribution in [3.05, 3.63) is 27.9 Å². The molecule has 1 aromatic rings. The minimum atomic E-state index is -0.202. The Hall–Kier alpha value is -1.78. The lowest BCUT2D eigenvalue weighted by atomic mass is 9.94. The van der Waals surface area contributed by atoms with Crippen molar-refractivity contribution >= 4 is 12.0 Å². The van der Waals surface area contributed by atoms with Crippen LogP contribution in [-0.2, 0) is 11.3 Å². The van der Waals surface area contributed by atoms with Gasteiger partial charge < -0.3 is 10.3 Å². The Morgan fingerprint density at radius 1 is 1.40 bits per heavy atom. The van der Waals surface area contributed by atoms with Crippen molar-refractivity contribution in [1.82, 2.24) is 14.9 Å². The average molecular weight is 205 g/mol. The summed E-state index contributed by atoms with van der Waals surface area (Å²) in [6.45, 7) is 1.08. The first kappa shape index (κ1) is 8.52. The molecule has 0 saturated heterocycles. The third-order valence-corrected chi connectivity index (χ3v) is 2.99. The number of carbonyl (C=O) groups is 1. The van der Waals surface area contributed by atoms with Gasteiger partial charge in [0.2, 0.25) is 5.91 Å². The number of aromatic nitrogens is 2. The minimum absolute atomic E-state index is 0.0193. The van der Waals surface area contributed by atoms with Crippen LogP contribution >= 0.6 is 0 Å². The fourth-order valence-electron chi connectivity index (χ4n) is 2.31. The summed E-state index contributed by atoms with van der Waals surface area (Å²) >= 11 is 0. The van der Waals surface area contributed by atoms with E-state index < -0.39 is 0 Å². The molecule has 2 heterocycles. The van der Waals surface area contributed by atoms with Crippen LogP contribution in [0, 0.1) is 0 Å². The molecule has 0 aromatic carbocycles. The van der Waals surface area contributed by atoms with Gasteiger partial charge >= 0.3 is 5.69 Å². The van der Waals surface area contributed by atoms with Crippen LogP contribution < -0.4 is 11.0 Å². The normalized spacial score (nSPS) is 23.2. The van der Waals surface area contributed by atoms with Gasteiger partial charge in [-0.2, -0.15) is 0 Å². The summed E-state index contributed by atoms with van der Waals surface area (Å²) in [6.07, 6.45) is 4.48. The zero-order valence-electron chi connectivity index (χ0n) is 8.12. The highest BCUT2D eigenvalue weighted by Crippen LogP contribution is 2.28. The summed E-state index contributed by atoms with van der Waals surface area (Å²) in [5.74, 6) is -0.183. The third-order valence-electron chi connectivity index (χ3n) is 2.99. The molecule has 0 spiro atoms. The van der Waals surface area contributed by atoms with Gasteiger partial charge in [0.1, 0.15) is 0 Å². The maximum atomic E-state index is 11.7. The van der Waals surface area contributed by atoms with E-state index >= 15 is 0 Å². The van der Waals surface area contributed by atoms with Crippen molar-refractivity contribution in [2.45, 2.75) is 18.9 Å². The van der Waals surface area contributed by atoms with Crippen molar-refractivity contribution in [2.75, 3.05) is 6.54 Å². The van der Waals surface area contributed by atoms with E-state index in [1.54, 1.807) is 4.57 Å². The highest BCUT2D eigenvalue weighted by molar-refractivity contribution is 5.85. The fourth-order valence-corrected chi connectivity index (χ4v) is 2.31. The predicted octanol–water partition coefficient (Wildman–Crippen LogP) is -0.193. The molecule has 1 aliphatic carbocycles. The van der Waals surface area contributed by atoms with E-state index in [4.69, 9.17) is 0 Å². The van der Waals surface area contributed by atoms with Crippen LogP contribution in [0.1, 0.15) is 23.7 Å². The van der Waals surface area contributed by atoms with Crippen molar-refractivity contribution in [1.29, 1.82) is 0 Å². The smallest absolute Gasteiger partial charge is 0.326 e. The van der Waals surface area contributed by atoms with E-state index in [0.29, 0.717) is 19.5 Å². The maximum Gasteiger partial charge on any atom is 0.326 e. The quantitative estimate of drug-likeness (QED) is 0.616. The van der Waals surface area contributed by atoms with E-state index in [1.807, 2.05) is 12.2 Å². The van der Waals surface area contributed by atoms with E-state index in [0.717, 1.165) is 11.4 Å². The van der Waals surface area contributed by atoms with Gasteiger partial charge in [0.05, 0.1) is 17.3 Å². The minimum Gasteiger partial charge on any atom is -0.354 e. The Labute approximate surface area is 85.8 Å². The molecule has 1 aliphatic heterocycles. The second kappa shape index (κ2) is 2.85. The molecule has 1 unspecified atom stereocenters. The van der Waals surface area contributed by atoms with Gasteiger partial charge in [-0.25, -0.2) is 4.79 Å². The number of amides is 1. The summed E-state index contributed by atoms with van der Waals surface area (Å²) in [6, 6.07) is 0. The van der Waals surface area contributed by atoms with E-state index in [-0.39, 0.29) is 17.5 Å². The van der Waals surface area contributed by atoms with Gasteiger partial charge in [-0.05, 0) is 12.5 Å². The van der Waals surface area contributed by atoms with Gasteiger partial charge in [0.15, 0.2) is 0 Å². The molecule has 3 rings (SSSR count). The summed E-state index contributed by atoms with van der Waals surface area (Å²) in [7, 11) is 0. The number of nitrogens with one attached hydrogen (secondary N) is 2. The zero-order chi connectivity index (χ0) is 10.4. The SMILES string of the molecule is O=C1NCCn2c3c([nH]c2=O)C=CCC13. The monoisotopic (exact) mass is 205 g/mol. The summed E-state index contributed by atoms with van der Waals surface area (Å²) < 4.78 is 1.67.